The predicted molar refractivity (Wildman–Crippen MR) is 178 cm³/mol. The summed E-state index contributed by atoms with van der Waals surface area (Å²) in [5.41, 5.74) is 0. The molecule has 0 rings (SSSR count). The summed E-state index contributed by atoms with van der Waals surface area (Å²) in [7, 11) is 0. The molecule has 282 valence electrons. The lowest BCUT2D eigenvalue weighted by molar-refractivity contribution is -0.145. The number of hydrogen-bond donors (Lipinski definition) is 0. The smallest absolute Gasteiger partial charge is 0.305 e. The zero-order valence-electron chi connectivity index (χ0n) is 29.7. The lowest BCUT2D eigenvalue weighted by Crippen LogP contribution is -2.15. The maximum absolute atomic E-state index is 11.6. The number of rotatable bonds is 42. The van der Waals surface area contributed by atoms with Crippen LogP contribution in [0.1, 0.15) is 65.2 Å². The molecule has 0 aromatic rings. The predicted octanol–water partition coefficient (Wildman–Crippen LogP) is 3.87. The minimum atomic E-state index is -0.146. The van der Waals surface area contributed by atoms with Crippen LogP contribution in [0.3, 0.4) is 0 Å². The molecule has 0 N–H and O–H groups in total. The Labute approximate surface area is 284 Å². The highest BCUT2D eigenvalue weighted by Crippen LogP contribution is 2.05. The molecular formula is C34H68O13. The van der Waals surface area contributed by atoms with E-state index in [0.717, 1.165) is 32.3 Å². The first-order valence-corrected chi connectivity index (χ1v) is 17.8. The van der Waals surface area contributed by atoms with E-state index in [0.29, 0.717) is 145 Å². The highest BCUT2D eigenvalue weighted by atomic mass is 16.6. The van der Waals surface area contributed by atoms with Gasteiger partial charge in [0.05, 0.1) is 139 Å². The average Bonchev–Trinajstić information content (AvgIpc) is 3.08. The highest BCUT2D eigenvalue weighted by Gasteiger charge is 2.02. The Balaban J connectivity index is 3.08. The Bertz CT molecular complexity index is 586. The molecule has 0 heterocycles. The monoisotopic (exact) mass is 684 g/mol. The summed E-state index contributed by atoms with van der Waals surface area (Å²) >= 11 is 0. The summed E-state index contributed by atoms with van der Waals surface area (Å²) in [6.07, 6.45) is 8.32. The van der Waals surface area contributed by atoms with Crippen LogP contribution in [0.15, 0.2) is 0 Å². The fourth-order valence-corrected chi connectivity index (χ4v) is 3.71. The fourth-order valence-electron chi connectivity index (χ4n) is 3.71. The Kier molecular flexibility index (Phi) is 42.2. The number of unbranched alkanes of at least 4 members (excludes halogenated alkanes) is 5. The molecule has 13 heteroatoms. The van der Waals surface area contributed by atoms with Crippen LogP contribution in [0.4, 0.5) is 0 Å². The molecule has 47 heavy (non-hydrogen) atoms. The third-order valence-electron chi connectivity index (χ3n) is 6.34. The minimum Gasteiger partial charge on any atom is -0.463 e. The van der Waals surface area contributed by atoms with Gasteiger partial charge in [0.2, 0.25) is 0 Å². The van der Waals surface area contributed by atoms with Gasteiger partial charge < -0.3 is 56.8 Å². The number of carbonyl (C=O) groups is 1. The van der Waals surface area contributed by atoms with Crippen molar-refractivity contribution in [2.24, 2.45) is 0 Å². The molecule has 0 aliphatic heterocycles. The topological polar surface area (TPSA) is 128 Å². The van der Waals surface area contributed by atoms with E-state index in [2.05, 4.69) is 13.8 Å². The molecular weight excluding hydrogens is 616 g/mol. The van der Waals surface area contributed by atoms with Crippen LogP contribution in [-0.4, -0.2) is 158 Å². The van der Waals surface area contributed by atoms with Crippen molar-refractivity contribution in [1.82, 2.24) is 0 Å². The summed E-state index contributed by atoms with van der Waals surface area (Å²) in [6, 6.07) is 0. The molecule has 0 fully saturated rings. The number of esters is 1. The quantitative estimate of drug-likeness (QED) is 0.0683. The number of carbonyl (C=O) groups excluding carboxylic acids is 1. The maximum Gasteiger partial charge on any atom is 0.305 e. The van der Waals surface area contributed by atoms with Crippen LogP contribution < -0.4 is 0 Å². The van der Waals surface area contributed by atoms with E-state index in [-0.39, 0.29) is 12.6 Å². The second-order valence-corrected chi connectivity index (χ2v) is 10.5. The third kappa shape index (κ3) is 43.0. The summed E-state index contributed by atoms with van der Waals surface area (Å²) in [4.78, 5) is 11.6. The Morgan fingerprint density at radius 3 is 0.851 bits per heavy atom. The van der Waals surface area contributed by atoms with Crippen LogP contribution in [0.25, 0.3) is 0 Å². The molecule has 0 radical (unpaired) electrons. The van der Waals surface area contributed by atoms with E-state index in [1.807, 2.05) is 0 Å². The first-order chi connectivity index (χ1) is 23.3. The van der Waals surface area contributed by atoms with E-state index >= 15 is 0 Å². The van der Waals surface area contributed by atoms with Crippen molar-refractivity contribution in [1.29, 1.82) is 0 Å². The van der Waals surface area contributed by atoms with Crippen molar-refractivity contribution in [3.05, 3.63) is 0 Å². The molecule has 0 bridgehead atoms. The largest absolute Gasteiger partial charge is 0.463 e. The normalized spacial score (nSPS) is 11.4. The number of hydrogen-bond acceptors (Lipinski definition) is 13. The van der Waals surface area contributed by atoms with Gasteiger partial charge >= 0.3 is 5.97 Å². The lowest BCUT2D eigenvalue weighted by Gasteiger charge is -2.09. The van der Waals surface area contributed by atoms with Crippen molar-refractivity contribution in [2.75, 3.05) is 152 Å². The van der Waals surface area contributed by atoms with Gasteiger partial charge in [-0.3, -0.25) is 4.79 Å². The molecule has 0 spiro atoms. The van der Waals surface area contributed by atoms with Crippen LogP contribution >= 0.6 is 0 Å². The molecule has 0 amide bonds. The molecule has 0 saturated heterocycles. The van der Waals surface area contributed by atoms with Gasteiger partial charge in [0.25, 0.3) is 0 Å². The molecule has 0 saturated carbocycles. The van der Waals surface area contributed by atoms with Gasteiger partial charge in [-0.2, -0.15) is 0 Å². The molecule has 13 nitrogen and oxygen atoms in total. The van der Waals surface area contributed by atoms with Gasteiger partial charge in [-0.25, -0.2) is 0 Å². The summed E-state index contributed by atoms with van der Waals surface area (Å²) in [6.45, 7) is 16.2. The zero-order valence-corrected chi connectivity index (χ0v) is 29.7. The lowest BCUT2D eigenvalue weighted by atomic mass is 10.1. The second-order valence-electron chi connectivity index (χ2n) is 10.5. The summed E-state index contributed by atoms with van der Waals surface area (Å²) in [5, 5.41) is 0. The van der Waals surface area contributed by atoms with Gasteiger partial charge in [-0.05, 0) is 12.8 Å². The SMILES string of the molecule is CCCCCCCC(=O)OCCOCCOCCOCCOCCOCCOCCOCCOCCOCCOCCOCCCC. The molecule has 0 aromatic carbocycles. The van der Waals surface area contributed by atoms with E-state index in [9.17, 15) is 4.79 Å². The molecule has 0 aliphatic carbocycles. The minimum absolute atomic E-state index is 0.146. The average molecular weight is 685 g/mol. The first kappa shape index (κ1) is 46.0. The van der Waals surface area contributed by atoms with Crippen molar-refractivity contribution in [3.63, 3.8) is 0 Å². The molecule has 0 unspecified atom stereocenters. The second kappa shape index (κ2) is 43.1. The standard InChI is InChI=1S/C34H68O13/c1-3-5-7-8-9-10-34(35)47-33-32-46-31-30-45-29-28-44-27-26-43-25-24-42-23-22-41-21-20-40-19-18-39-17-16-38-15-14-37-13-12-36-11-6-4-2/h3-33H2,1-2H3. The first-order valence-electron chi connectivity index (χ1n) is 17.8. The van der Waals surface area contributed by atoms with Crippen LogP contribution in [-0.2, 0) is 61.6 Å². The van der Waals surface area contributed by atoms with Gasteiger partial charge in [-0.1, -0.05) is 46.0 Å². The van der Waals surface area contributed by atoms with Crippen LogP contribution in [0.2, 0.25) is 0 Å². The number of ether oxygens (including phenoxy) is 12. The maximum atomic E-state index is 11.6. The summed E-state index contributed by atoms with van der Waals surface area (Å²) < 4.78 is 65.2. The van der Waals surface area contributed by atoms with E-state index in [4.69, 9.17) is 56.8 Å². The fraction of sp³-hybridized carbons (Fsp3) is 0.971. The van der Waals surface area contributed by atoms with Gasteiger partial charge in [-0.15, -0.1) is 0 Å². The highest BCUT2D eigenvalue weighted by molar-refractivity contribution is 5.69. The van der Waals surface area contributed by atoms with Crippen molar-refractivity contribution in [2.45, 2.75) is 65.2 Å². The van der Waals surface area contributed by atoms with Crippen molar-refractivity contribution >= 4 is 5.97 Å². The van der Waals surface area contributed by atoms with E-state index < -0.39 is 0 Å². The Morgan fingerprint density at radius 1 is 0.298 bits per heavy atom. The summed E-state index contributed by atoms with van der Waals surface area (Å²) in [5.74, 6) is -0.146. The van der Waals surface area contributed by atoms with Gasteiger partial charge in [0.1, 0.15) is 6.61 Å². The van der Waals surface area contributed by atoms with Crippen LogP contribution in [0, 0.1) is 0 Å². The van der Waals surface area contributed by atoms with Gasteiger partial charge in [0.15, 0.2) is 0 Å². The van der Waals surface area contributed by atoms with Crippen LogP contribution in [0.5, 0.6) is 0 Å². The van der Waals surface area contributed by atoms with E-state index in [1.165, 1.54) is 19.3 Å². The van der Waals surface area contributed by atoms with Crippen molar-refractivity contribution in [3.8, 4) is 0 Å². The molecule has 0 aliphatic rings. The Morgan fingerprint density at radius 2 is 0.553 bits per heavy atom. The van der Waals surface area contributed by atoms with Crippen molar-refractivity contribution < 1.29 is 61.6 Å². The third-order valence-corrected chi connectivity index (χ3v) is 6.34. The molecule has 0 atom stereocenters. The molecule has 0 aromatic heterocycles. The van der Waals surface area contributed by atoms with E-state index in [1.54, 1.807) is 0 Å². The Hall–Kier alpha value is -0.970. The zero-order chi connectivity index (χ0) is 34.0. The van der Waals surface area contributed by atoms with Gasteiger partial charge in [0, 0.05) is 13.0 Å².